The molecule has 0 aliphatic heterocycles. The van der Waals surface area contributed by atoms with Gasteiger partial charge in [0.15, 0.2) is 0 Å². The number of likely N-dealkylation sites (N-methyl/N-ethyl adjacent to an activating group) is 7. The Hall–Kier alpha value is -6.39. The topological polar surface area (TPSA) is 293 Å². The lowest BCUT2D eigenvalue weighted by molar-refractivity contribution is -0.157. The predicted molar refractivity (Wildman–Crippen MR) is 321 cm³/mol. The van der Waals surface area contributed by atoms with Crippen molar-refractivity contribution in [2.24, 2.45) is 41.2 Å². The Bertz CT molecular complexity index is 2290. The van der Waals surface area contributed by atoms with Crippen molar-refractivity contribution >= 4 is 65.0 Å². The number of rotatable bonds is 34. The zero-order valence-corrected chi connectivity index (χ0v) is 54.5. The van der Waals surface area contributed by atoms with Crippen LogP contribution in [0.1, 0.15) is 143 Å². The SMILES string of the molecule is C=C(C)[C@@H](C)C(=O)N(C)[C@@H](C)C(=O)N[C@H](CC(C)C)C(=O)N[C@@H](C)C(=O)N(C)[C@H](CC(C)C)C(=O)N(C)[C@H](CC(C)C)C(=O)N(C)[C@@H](C(=O)N(C)C(C(=O)N[C@H](CC)C(=O)N(C)CC(=O)N(C)[C@@H](C)C(N)=O)[C@@H](O)[C@H](C)C/C=C/C)C(C)C. The molecule has 0 aliphatic carbocycles. The van der Waals surface area contributed by atoms with E-state index in [4.69, 9.17) is 5.73 Å². The molecule has 0 aromatic rings. The third kappa shape index (κ3) is 22.3. The number of carbonyl (C=O) groups is 11. The number of primary amides is 1. The average Bonchev–Trinajstić information content (AvgIpc) is 3.40. The second-order valence-electron chi connectivity index (χ2n) is 24.4. The zero-order valence-electron chi connectivity index (χ0n) is 54.5. The van der Waals surface area contributed by atoms with Gasteiger partial charge in [-0.1, -0.05) is 93.5 Å². The maximum atomic E-state index is 15.1. The van der Waals surface area contributed by atoms with Gasteiger partial charge in [-0.25, -0.2) is 0 Å². The number of nitrogens with zero attached hydrogens (tertiary/aromatic N) is 7. The van der Waals surface area contributed by atoms with Gasteiger partial charge in [0, 0.05) is 49.3 Å². The summed E-state index contributed by atoms with van der Waals surface area (Å²) in [6, 6.07) is -10.5. The first-order valence-electron chi connectivity index (χ1n) is 29.1. The van der Waals surface area contributed by atoms with Crippen LogP contribution in [-0.2, 0) is 52.7 Å². The van der Waals surface area contributed by atoms with E-state index in [-0.39, 0.29) is 49.3 Å². The molecule has 0 bridgehead atoms. The predicted octanol–water partition coefficient (Wildman–Crippen LogP) is 2.79. The van der Waals surface area contributed by atoms with Gasteiger partial charge in [-0.15, -0.1) is 0 Å². The van der Waals surface area contributed by atoms with Crippen molar-refractivity contribution in [3.05, 3.63) is 24.3 Å². The summed E-state index contributed by atoms with van der Waals surface area (Å²) in [6.45, 7) is 31.0. The van der Waals surface area contributed by atoms with E-state index < -0.39 is 144 Å². The standard InChI is InChI=1S/C60H107N11O12/c1-25-27-28-38(13)50(73)49(54(77)63-43(26-2)57(80)65(18)32-47(72)66(19)41(16)51(61)74)71(24)60(83)48(37(11)12)70(23)59(82)46(31-35(7)8)69(22)58(81)45(30-34(5)6)68(21)56(79)40(15)62-53(76)44(29-33(3)4)64-52(75)42(17)67(20)55(78)39(14)36(9)10/h25,27,33-35,37-46,48-50,73H,9,26,28-32H2,1-8,10-24H3,(H2,61,74)(H,62,76)(H,63,77)(H,64,75)/b27-25+/t38-,39-,40+,41+,42+,43-,44-,45-,46-,48-,49?,50+/m1/s1. The van der Waals surface area contributed by atoms with Gasteiger partial charge in [-0.3, -0.25) is 52.7 Å². The fourth-order valence-corrected chi connectivity index (χ4v) is 9.48. The monoisotopic (exact) mass is 1170 g/mol. The Balaban J connectivity index is 7.12. The van der Waals surface area contributed by atoms with Gasteiger partial charge in [0.05, 0.1) is 18.6 Å². The summed E-state index contributed by atoms with van der Waals surface area (Å²) in [5.74, 6) is -9.04. The summed E-state index contributed by atoms with van der Waals surface area (Å²) in [4.78, 5) is 161. The van der Waals surface area contributed by atoms with Crippen molar-refractivity contribution in [1.82, 2.24) is 50.2 Å². The molecule has 0 aromatic heterocycles. The lowest BCUT2D eigenvalue weighted by Gasteiger charge is -2.41. The van der Waals surface area contributed by atoms with Crippen LogP contribution in [0.2, 0.25) is 0 Å². The summed E-state index contributed by atoms with van der Waals surface area (Å²) in [5.41, 5.74) is 6.01. The number of hydrogen-bond donors (Lipinski definition) is 5. The quantitative estimate of drug-likeness (QED) is 0.0582. The van der Waals surface area contributed by atoms with E-state index in [2.05, 4.69) is 22.5 Å². The molecule has 0 saturated carbocycles. The minimum Gasteiger partial charge on any atom is -0.390 e. The van der Waals surface area contributed by atoms with Crippen LogP contribution in [0, 0.1) is 35.5 Å². The molecule has 0 aromatic carbocycles. The molecule has 0 saturated heterocycles. The third-order valence-corrected chi connectivity index (χ3v) is 15.6. The molecule has 23 heteroatoms. The van der Waals surface area contributed by atoms with Crippen LogP contribution in [0.15, 0.2) is 24.3 Å². The Morgan fingerprint density at radius 3 is 1.42 bits per heavy atom. The molecular formula is C60H107N11O12. The van der Waals surface area contributed by atoms with E-state index in [0.29, 0.717) is 12.0 Å². The smallest absolute Gasteiger partial charge is 0.246 e. The van der Waals surface area contributed by atoms with Gasteiger partial charge in [0.1, 0.15) is 54.4 Å². The van der Waals surface area contributed by atoms with Crippen LogP contribution in [0.4, 0.5) is 0 Å². The van der Waals surface area contributed by atoms with Gasteiger partial charge >= 0.3 is 0 Å². The maximum Gasteiger partial charge on any atom is 0.246 e. The molecule has 11 amide bonds. The van der Waals surface area contributed by atoms with E-state index in [1.54, 1.807) is 67.5 Å². The van der Waals surface area contributed by atoms with Gasteiger partial charge in [-0.05, 0) is 103 Å². The molecule has 0 heterocycles. The first kappa shape index (κ1) is 76.6. The Morgan fingerprint density at radius 2 is 0.988 bits per heavy atom. The Kier molecular flexibility index (Phi) is 32.3. The molecule has 0 rings (SSSR count). The number of hydrogen-bond acceptors (Lipinski definition) is 12. The van der Waals surface area contributed by atoms with Crippen LogP contribution in [0.5, 0.6) is 0 Å². The highest BCUT2D eigenvalue weighted by atomic mass is 16.3. The Morgan fingerprint density at radius 1 is 0.530 bits per heavy atom. The van der Waals surface area contributed by atoms with E-state index in [0.717, 1.165) is 14.7 Å². The van der Waals surface area contributed by atoms with E-state index in [9.17, 15) is 48.3 Å². The largest absolute Gasteiger partial charge is 0.390 e. The summed E-state index contributed by atoms with van der Waals surface area (Å²) in [7, 11) is 9.90. The molecule has 1 unspecified atom stereocenters. The number of aliphatic hydroxyl groups is 1. The van der Waals surface area contributed by atoms with Crippen LogP contribution in [0.25, 0.3) is 0 Å². The van der Waals surface area contributed by atoms with E-state index in [1.165, 1.54) is 82.8 Å². The molecule has 83 heavy (non-hydrogen) atoms. The van der Waals surface area contributed by atoms with Crippen LogP contribution >= 0.6 is 0 Å². The molecule has 23 nitrogen and oxygen atoms in total. The van der Waals surface area contributed by atoms with Crippen molar-refractivity contribution in [2.45, 2.75) is 203 Å². The minimum atomic E-state index is -1.60. The first-order chi connectivity index (χ1) is 38.2. The third-order valence-electron chi connectivity index (χ3n) is 15.6. The normalized spacial score (nSPS) is 16.0. The highest BCUT2D eigenvalue weighted by Crippen LogP contribution is 2.25. The number of carbonyl (C=O) groups excluding carboxylic acids is 11. The second-order valence-corrected chi connectivity index (χ2v) is 24.4. The first-order valence-corrected chi connectivity index (χ1v) is 29.1. The highest BCUT2D eigenvalue weighted by molar-refractivity contribution is 5.99. The molecule has 0 fully saturated rings. The van der Waals surface area contributed by atoms with Gasteiger partial charge in [-0.2, -0.15) is 0 Å². The van der Waals surface area contributed by atoms with Gasteiger partial charge < -0.3 is 61.1 Å². The number of aliphatic hydroxyl groups excluding tert-OH is 1. The molecule has 0 radical (unpaired) electrons. The number of nitrogens with two attached hydrogens (primary N) is 1. The number of nitrogens with one attached hydrogen (secondary N) is 3. The molecular weight excluding hydrogens is 1070 g/mol. The fourth-order valence-electron chi connectivity index (χ4n) is 9.48. The van der Waals surface area contributed by atoms with Crippen molar-refractivity contribution in [3.63, 3.8) is 0 Å². The average molecular weight is 1170 g/mol. The minimum absolute atomic E-state index is 0.0535. The zero-order chi connectivity index (χ0) is 65.0. The summed E-state index contributed by atoms with van der Waals surface area (Å²) < 4.78 is 0. The highest BCUT2D eigenvalue weighted by Gasteiger charge is 2.45. The van der Waals surface area contributed by atoms with Crippen molar-refractivity contribution in [2.75, 3.05) is 55.9 Å². The van der Waals surface area contributed by atoms with Crippen molar-refractivity contribution in [3.8, 4) is 0 Å². The van der Waals surface area contributed by atoms with Crippen molar-refractivity contribution < 1.29 is 57.8 Å². The molecule has 6 N–H and O–H groups in total. The second kappa shape index (κ2) is 35.0. The van der Waals surface area contributed by atoms with Crippen LogP contribution in [-0.4, -0.2) is 221 Å². The summed E-state index contributed by atoms with van der Waals surface area (Å²) >= 11 is 0. The molecule has 0 spiro atoms. The Labute approximate surface area is 496 Å². The molecule has 474 valence electrons. The van der Waals surface area contributed by atoms with Gasteiger partial charge in [0.25, 0.3) is 0 Å². The number of amides is 11. The fraction of sp³-hybridized carbons (Fsp3) is 0.750. The summed E-state index contributed by atoms with van der Waals surface area (Å²) in [5, 5.41) is 20.1. The van der Waals surface area contributed by atoms with Gasteiger partial charge in [0.2, 0.25) is 65.0 Å². The van der Waals surface area contributed by atoms with Crippen molar-refractivity contribution in [1.29, 1.82) is 0 Å². The van der Waals surface area contributed by atoms with Crippen LogP contribution in [0.3, 0.4) is 0 Å². The lowest BCUT2D eigenvalue weighted by Crippen LogP contribution is -2.63. The molecule has 12 atom stereocenters. The van der Waals surface area contributed by atoms with Crippen LogP contribution < -0.4 is 21.7 Å². The summed E-state index contributed by atoms with van der Waals surface area (Å²) in [6.07, 6.45) is 2.95. The maximum absolute atomic E-state index is 15.1. The van der Waals surface area contributed by atoms with E-state index >= 15 is 9.59 Å². The number of allylic oxidation sites excluding steroid dienone is 2. The molecule has 0 aliphatic rings. The van der Waals surface area contributed by atoms with E-state index in [1.807, 2.05) is 41.5 Å². The lowest BCUT2D eigenvalue weighted by atomic mass is 9.91.